The molecule has 0 spiro atoms. The molecule has 1 aromatic rings. The Bertz CT molecular complexity index is 497. The van der Waals surface area contributed by atoms with E-state index in [0.717, 1.165) is 0 Å². The zero-order valence-electron chi connectivity index (χ0n) is 12.4. The van der Waals surface area contributed by atoms with Crippen LogP contribution in [-0.2, 0) is 4.74 Å². The van der Waals surface area contributed by atoms with E-state index in [1.54, 1.807) is 13.0 Å². The zero-order chi connectivity index (χ0) is 15.0. The Kier molecular flexibility index (Phi) is 3.88. The first-order valence-corrected chi connectivity index (χ1v) is 6.84. The molecule has 20 heavy (non-hydrogen) atoms. The number of aromatic nitrogens is 1. The van der Waals surface area contributed by atoms with Crippen molar-refractivity contribution in [1.82, 2.24) is 10.5 Å². The molecule has 0 aromatic carbocycles. The first-order chi connectivity index (χ1) is 9.36. The van der Waals surface area contributed by atoms with Gasteiger partial charge in [-0.25, -0.2) is 0 Å². The van der Waals surface area contributed by atoms with Gasteiger partial charge in [-0.1, -0.05) is 19.0 Å². The van der Waals surface area contributed by atoms with E-state index < -0.39 is 5.54 Å². The van der Waals surface area contributed by atoms with Gasteiger partial charge in [-0.15, -0.1) is 0 Å². The van der Waals surface area contributed by atoms with Gasteiger partial charge in [0.15, 0.2) is 0 Å². The normalized spacial score (nSPS) is 27.9. The second kappa shape index (κ2) is 5.18. The number of aliphatic hydroxyl groups excluding tert-OH is 1. The fourth-order valence-corrected chi connectivity index (χ4v) is 2.75. The van der Waals surface area contributed by atoms with E-state index in [4.69, 9.17) is 9.26 Å². The van der Waals surface area contributed by atoms with Gasteiger partial charge in [0, 0.05) is 24.5 Å². The van der Waals surface area contributed by atoms with Crippen molar-refractivity contribution in [2.45, 2.75) is 45.8 Å². The maximum atomic E-state index is 12.2. The largest absolute Gasteiger partial charge is 0.394 e. The Balaban J connectivity index is 2.12. The van der Waals surface area contributed by atoms with E-state index in [0.29, 0.717) is 18.7 Å². The third-order valence-electron chi connectivity index (χ3n) is 4.41. The van der Waals surface area contributed by atoms with Gasteiger partial charge in [0.05, 0.1) is 23.9 Å². The molecule has 2 N–H and O–H groups in total. The van der Waals surface area contributed by atoms with Gasteiger partial charge in [0.2, 0.25) is 5.76 Å². The Labute approximate surface area is 118 Å². The van der Waals surface area contributed by atoms with Crippen LogP contribution in [0.1, 0.15) is 43.4 Å². The van der Waals surface area contributed by atoms with Crippen LogP contribution in [0.5, 0.6) is 0 Å². The molecular formula is C14H22N2O4. The monoisotopic (exact) mass is 282 g/mol. The van der Waals surface area contributed by atoms with Crippen LogP contribution < -0.4 is 5.32 Å². The van der Waals surface area contributed by atoms with Crippen LogP contribution in [0, 0.1) is 12.3 Å². The molecule has 2 atom stereocenters. The highest BCUT2D eigenvalue weighted by molar-refractivity contribution is 5.92. The molecule has 1 fully saturated rings. The molecule has 1 aromatic heterocycles. The van der Waals surface area contributed by atoms with E-state index in [1.807, 2.05) is 20.8 Å². The Hall–Kier alpha value is -1.40. The van der Waals surface area contributed by atoms with E-state index >= 15 is 0 Å². The Morgan fingerprint density at radius 3 is 2.80 bits per heavy atom. The number of rotatable bonds is 5. The van der Waals surface area contributed by atoms with Crippen molar-refractivity contribution < 1.29 is 19.2 Å². The minimum Gasteiger partial charge on any atom is -0.394 e. The van der Waals surface area contributed by atoms with Crippen molar-refractivity contribution >= 4 is 5.91 Å². The number of carbonyl (C=O) groups excluding carboxylic acids is 1. The summed E-state index contributed by atoms with van der Waals surface area (Å²) in [6, 6.07) is 1.58. The highest BCUT2D eigenvalue weighted by Gasteiger charge is 2.61. The molecule has 1 heterocycles. The van der Waals surface area contributed by atoms with Crippen molar-refractivity contribution in [1.29, 1.82) is 0 Å². The van der Waals surface area contributed by atoms with Gasteiger partial charge in [-0.3, -0.25) is 4.79 Å². The Morgan fingerprint density at radius 2 is 2.35 bits per heavy atom. The molecule has 1 aliphatic carbocycles. The molecule has 1 aliphatic rings. The molecule has 1 saturated carbocycles. The molecule has 2 rings (SSSR count). The first-order valence-electron chi connectivity index (χ1n) is 6.84. The third kappa shape index (κ3) is 2.23. The second-order valence-corrected chi connectivity index (χ2v) is 5.90. The molecule has 6 nitrogen and oxygen atoms in total. The number of aryl methyl sites for hydroxylation is 1. The van der Waals surface area contributed by atoms with Gasteiger partial charge < -0.3 is 19.7 Å². The molecule has 0 aliphatic heterocycles. The average molecular weight is 282 g/mol. The van der Waals surface area contributed by atoms with Gasteiger partial charge in [-0.2, -0.15) is 0 Å². The van der Waals surface area contributed by atoms with Crippen molar-refractivity contribution in [2.24, 2.45) is 5.41 Å². The SMILES string of the molecule is CCO[C@H]1C[C@@](CO)(NC(=O)c2cc(C)no2)C1(C)C. The number of ether oxygens (including phenoxy) is 1. The molecule has 6 heteroatoms. The van der Waals surface area contributed by atoms with E-state index in [9.17, 15) is 9.90 Å². The summed E-state index contributed by atoms with van der Waals surface area (Å²) in [4.78, 5) is 12.2. The molecule has 0 saturated heterocycles. The lowest BCUT2D eigenvalue weighted by molar-refractivity contribution is -0.172. The molecule has 0 bridgehead atoms. The van der Waals surface area contributed by atoms with Crippen LogP contribution in [-0.4, -0.2) is 41.0 Å². The third-order valence-corrected chi connectivity index (χ3v) is 4.41. The van der Waals surface area contributed by atoms with Crippen LogP contribution in [0.15, 0.2) is 10.6 Å². The predicted molar refractivity (Wildman–Crippen MR) is 72.3 cm³/mol. The first kappa shape index (κ1) is 15.0. The quantitative estimate of drug-likeness (QED) is 0.849. The summed E-state index contributed by atoms with van der Waals surface area (Å²) in [5.41, 5.74) is -0.388. The predicted octanol–water partition coefficient (Wildman–Crippen LogP) is 1.28. The standard InChI is InChI=1S/C14H22N2O4/c1-5-19-11-7-14(8-17,13(11,3)4)15-12(18)10-6-9(2)16-20-10/h6,11,17H,5,7-8H2,1-4H3,(H,15,18)/t11-,14-/m0/s1. The Morgan fingerprint density at radius 1 is 1.65 bits per heavy atom. The summed E-state index contributed by atoms with van der Waals surface area (Å²) >= 11 is 0. The lowest BCUT2D eigenvalue weighted by Gasteiger charge is -2.60. The summed E-state index contributed by atoms with van der Waals surface area (Å²) in [7, 11) is 0. The number of hydrogen-bond donors (Lipinski definition) is 2. The van der Waals surface area contributed by atoms with Gasteiger partial charge in [0.25, 0.3) is 5.91 Å². The van der Waals surface area contributed by atoms with Crippen molar-refractivity contribution in [2.75, 3.05) is 13.2 Å². The maximum absolute atomic E-state index is 12.2. The molecule has 0 radical (unpaired) electrons. The van der Waals surface area contributed by atoms with Gasteiger partial charge in [-0.05, 0) is 13.8 Å². The fraction of sp³-hybridized carbons (Fsp3) is 0.714. The lowest BCUT2D eigenvalue weighted by atomic mass is 9.54. The highest BCUT2D eigenvalue weighted by Crippen LogP contribution is 2.51. The topological polar surface area (TPSA) is 84.6 Å². The number of amides is 1. The lowest BCUT2D eigenvalue weighted by Crippen LogP contribution is -2.74. The minimum absolute atomic E-state index is 0.0245. The van der Waals surface area contributed by atoms with Crippen LogP contribution in [0.2, 0.25) is 0 Å². The highest BCUT2D eigenvalue weighted by atomic mass is 16.5. The second-order valence-electron chi connectivity index (χ2n) is 5.90. The maximum Gasteiger partial charge on any atom is 0.290 e. The fourth-order valence-electron chi connectivity index (χ4n) is 2.75. The van der Waals surface area contributed by atoms with Crippen molar-refractivity contribution in [3.8, 4) is 0 Å². The number of aliphatic hydroxyl groups is 1. The smallest absolute Gasteiger partial charge is 0.290 e. The summed E-state index contributed by atoms with van der Waals surface area (Å²) in [5.74, 6) is -0.200. The average Bonchev–Trinajstić information content (AvgIpc) is 2.83. The van der Waals surface area contributed by atoms with Gasteiger partial charge >= 0.3 is 0 Å². The number of hydrogen-bond acceptors (Lipinski definition) is 5. The van der Waals surface area contributed by atoms with Crippen LogP contribution in [0.25, 0.3) is 0 Å². The molecule has 0 unspecified atom stereocenters. The number of nitrogens with zero attached hydrogens (tertiary/aromatic N) is 1. The van der Waals surface area contributed by atoms with E-state index in [1.165, 1.54) is 0 Å². The summed E-state index contributed by atoms with van der Waals surface area (Å²) < 4.78 is 10.6. The van der Waals surface area contributed by atoms with Crippen molar-refractivity contribution in [3.63, 3.8) is 0 Å². The molecular weight excluding hydrogens is 260 g/mol. The van der Waals surface area contributed by atoms with E-state index in [-0.39, 0.29) is 29.8 Å². The molecule has 112 valence electrons. The van der Waals surface area contributed by atoms with Gasteiger partial charge in [0.1, 0.15) is 0 Å². The molecule has 1 amide bonds. The van der Waals surface area contributed by atoms with Crippen LogP contribution >= 0.6 is 0 Å². The minimum atomic E-state index is -0.690. The van der Waals surface area contributed by atoms with Crippen LogP contribution in [0.4, 0.5) is 0 Å². The van der Waals surface area contributed by atoms with Crippen molar-refractivity contribution in [3.05, 3.63) is 17.5 Å². The zero-order valence-corrected chi connectivity index (χ0v) is 12.4. The van der Waals surface area contributed by atoms with E-state index in [2.05, 4.69) is 10.5 Å². The van der Waals surface area contributed by atoms with Crippen LogP contribution in [0.3, 0.4) is 0 Å². The number of nitrogens with one attached hydrogen (secondary N) is 1. The summed E-state index contributed by atoms with van der Waals surface area (Å²) in [5, 5.41) is 16.3. The summed E-state index contributed by atoms with van der Waals surface area (Å²) in [6.45, 7) is 8.14. The summed E-state index contributed by atoms with van der Waals surface area (Å²) in [6.07, 6.45) is 0.611. The number of carbonyl (C=O) groups is 1.